The molecule has 1 aromatic carbocycles. The summed E-state index contributed by atoms with van der Waals surface area (Å²) in [5.74, 6) is -3.21. The molecule has 3 heterocycles. The Morgan fingerprint density at radius 3 is 2.17 bits per heavy atom. The highest BCUT2D eigenvalue weighted by molar-refractivity contribution is 7.99. The highest BCUT2D eigenvalue weighted by Gasteiger charge is 2.40. The maximum atomic E-state index is 12.3. The predicted molar refractivity (Wildman–Crippen MR) is 136 cm³/mol. The molecule has 1 N–H and O–H groups in total. The van der Waals surface area contributed by atoms with Crippen LogP contribution in [0.2, 0.25) is 0 Å². The van der Waals surface area contributed by atoms with Crippen molar-refractivity contribution in [2.24, 2.45) is 0 Å². The maximum Gasteiger partial charge on any atom is 0.352 e. The van der Waals surface area contributed by atoms with Gasteiger partial charge in [-0.25, -0.2) is 14.4 Å². The van der Waals surface area contributed by atoms with E-state index in [9.17, 15) is 19.2 Å². The Bertz CT molecular complexity index is 1200. The third kappa shape index (κ3) is 6.17. The number of esters is 3. The van der Waals surface area contributed by atoms with Crippen LogP contribution in [0.5, 0.6) is 0 Å². The minimum Gasteiger partial charge on any atom is -0.511 e. The highest BCUT2D eigenvalue weighted by atomic mass is 32.2. The van der Waals surface area contributed by atoms with E-state index in [4.69, 9.17) is 19.3 Å². The van der Waals surface area contributed by atoms with Gasteiger partial charge in [0.1, 0.15) is 11.8 Å². The fourth-order valence-electron chi connectivity index (χ4n) is 3.60. The lowest BCUT2D eigenvalue weighted by molar-refractivity contribution is -0.222. The second-order valence-electron chi connectivity index (χ2n) is 8.07. The van der Waals surface area contributed by atoms with E-state index in [1.165, 1.54) is 39.6 Å². The Labute approximate surface area is 214 Å². The highest BCUT2D eigenvalue weighted by Crippen LogP contribution is 2.40. The van der Waals surface area contributed by atoms with E-state index >= 15 is 0 Å². The number of ether oxygens (including phenoxy) is 3. The molecule has 0 aliphatic carbocycles. The van der Waals surface area contributed by atoms with Gasteiger partial charge in [-0.15, -0.1) is 11.8 Å². The number of pyridine rings is 1. The van der Waals surface area contributed by atoms with E-state index in [0.29, 0.717) is 5.75 Å². The van der Waals surface area contributed by atoms with Gasteiger partial charge in [0.05, 0.1) is 12.1 Å². The fraction of sp³-hybridized carbons (Fsp3) is 0.385. The minimum absolute atomic E-state index is 0.150. The normalized spacial score (nSPS) is 17.3. The number of aryl methyl sites for hydroxylation is 1. The lowest BCUT2D eigenvalue weighted by Crippen LogP contribution is -2.42. The Kier molecular flexibility index (Phi) is 9.52. The van der Waals surface area contributed by atoms with Gasteiger partial charge in [-0.05, 0) is 25.0 Å². The third-order valence-electron chi connectivity index (χ3n) is 5.08. The van der Waals surface area contributed by atoms with E-state index in [1.807, 2.05) is 51.1 Å². The molecule has 9 nitrogen and oxygen atoms in total. The summed E-state index contributed by atoms with van der Waals surface area (Å²) in [6, 6.07) is 11.0. The monoisotopic (exact) mass is 517 g/mol. The van der Waals surface area contributed by atoms with Gasteiger partial charge in [0, 0.05) is 31.2 Å². The van der Waals surface area contributed by atoms with Crippen LogP contribution in [0.15, 0.2) is 57.6 Å². The number of fused-ring (bicyclic) bond motifs is 1. The average molecular weight is 518 g/mol. The quantitative estimate of drug-likeness (QED) is 0.269. The summed E-state index contributed by atoms with van der Waals surface area (Å²) in [7, 11) is 1.35. The van der Waals surface area contributed by atoms with E-state index in [1.54, 1.807) is 10.6 Å². The molecule has 0 spiro atoms. The van der Waals surface area contributed by atoms with Crippen molar-refractivity contribution in [1.82, 2.24) is 4.57 Å². The number of aromatic nitrogens is 1. The van der Waals surface area contributed by atoms with Crippen LogP contribution in [0.3, 0.4) is 0 Å². The maximum absolute atomic E-state index is 12.3. The number of carbonyl (C=O) groups excluding carboxylic acids is 3. The topological polar surface area (TPSA) is 121 Å². The summed E-state index contributed by atoms with van der Waals surface area (Å²) in [6.07, 6.45) is 0. The Balaban J connectivity index is 0.000000262. The number of aliphatic hydroxyl groups is 1. The number of methoxy groups -OCH3 is 1. The largest absolute Gasteiger partial charge is 0.511 e. The van der Waals surface area contributed by atoms with E-state index in [0.717, 1.165) is 21.7 Å². The molecule has 1 atom stereocenters. The minimum atomic E-state index is -1.26. The van der Waals surface area contributed by atoms with Crippen molar-refractivity contribution in [2.75, 3.05) is 12.9 Å². The predicted octanol–water partition coefficient (Wildman–Crippen LogP) is 4.32. The number of thioether (sulfide) groups is 1. The van der Waals surface area contributed by atoms with E-state index in [-0.39, 0.29) is 11.5 Å². The van der Waals surface area contributed by atoms with Crippen LogP contribution in [-0.4, -0.2) is 46.2 Å². The molecule has 4 rings (SSSR count). The van der Waals surface area contributed by atoms with E-state index in [2.05, 4.69) is 0 Å². The van der Waals surface area contributed by atoms with Gasteiger partial charge in [0.15, 0.2) is 5.57 Å². The smallest absolute Gasteiger partial charge is 0.352 e. The first kappa shape index (κ1) is 28.7. The molecule has 36 heavy (non-hydrogen) atoms. The van der Waals surface area contributed by atoms with Crippen LogP contribution < -0.4 is 5.56 Å². The molecule has 194 valence electrons. The molecule has 1 aromatic heterocycles. The summed E-state index contributed by atoms with van der Waals surface area (Å²) in [5.41, 5.74) is 2.40. The number of hydrogen-bond donors (Lipinski definition) is 1. The zero-order valence-electron chi connectivity index (χ0n) is 21.4. The molecular weight excluding hydrogens is 486 g/mol. The molecule has 2 aliphatic rings. The van der Waals surface area contributed by atoms with Crippen LogP contribution in [-0.2, 0) is 28.6 Å². The number of carbonyl (C=O) groups is 3. The van der Waals surface area contributed by atoms with Crippen molar-refractivity contribution in [1.29, 1.82) is 0 Å². The van der Waals surface area contributed by atoms with Crippen LogP contribution in [0.25, 0.3) is 11.1 Å². The molecule has 0 bridgehead atoms. The first-order valence-electron chi connectivity index (χ1n) is 11.4. The molecule has 1 saturated heterocycles. The van der Waals surface area contributed by atoms with Crippen molar-refractivity contribution in [3.63, 3.8) is 0 Å². The Morgan fingerprint density at radius 1 is 1.11 bits per heavy atom. The SMILES string of the molecule is CC.CC(O)=C1C(=O)OC(C)(C)OC1=O.COC(=O)C1CSc2c(-c3ccccc3)c(C)cc(=O)n21. The summed E-state index contributed by atoms with van der Waals surface area (Å²) in [6.45, 7) is 10.0. The molecule has 2 aliphatic heterocycles. The number of hydrogen-bond acceptors (Lipinski definition) is 9. The van der Waals surface area contributed by atoms with Crippen LogP contribution >= 0.6 is 11.8 Å². The van der Waals surface area contributed by atoms with Gasteiger partial charge < -0.3 is 19.3 Å². The third-order valence-corrected chi connectivity index (χ3v) is 6.23. The van der Waals surface area contributed by atoms with Gasteiger partial charge in [0.2, 0.25) is 0 Å². The van der Waals surface area contributed by atoms with Gasteiger partial charge in [-0.1, -0.05) is 44.2 Å². The molecule has 0 amide bonds. The van der Waals surface area contributed by atoms with Crippen molar-refractivity contribution >= 4 is 29.7 Å². The first-order chi connectivity index (χ1) is 17.0. The first-order valence-corrected chi connectivity index (χ1v) is 12.3. The summed E-state index contributed by atoms with van der Waals surface area (Å²) < 4.78 is 15.8. The summed E-state index contributed by atoms with van der Waals surface area (Å²) in [5, 5.41) is 9.81. The number of aliphatic hydroxyl groups excluding tert-OH is 1. The average Bonchev–Trinajstić information content (AvgIpc) is 3.25. The number of cyclic esters (lactones) is 2. The number of allylic oxidation sites excluding steroid dienone is 1. The zero-order chi connectivity index (χ0) is 27.2. The summed E-state index contributed by atoms with van der Waals surface area (Å²) in [4.78, 5) is 46.4. The molecule has 10 heteroatoms. The molecule has 0 radical (unpaired) electrons. The van der Waals surface area contributed by atoms with Crippen LogP contribution in [0, 0.1) is 6.92 Å². The number of benzene rings is 1. The number of rotatable bonds is 2. The van der Waals surface area contributed by atoms with Crippen molar-refractivity contribution in [2.45, 2.75) is 58.4 Å². The standard InChI is InChI=1S/C16H15NO3S.C8H10O5.C2H6/c1-10-8-13(18)17-12(16(19)20-2)9-21-15(17)14(10)11-6-4-3-5-7-11;1-4(9)5-6(10)12-8(2,3)13-7(5)11;1-2/h3-8,12H,9H2,1-2H3;9H,1-3H3;1-2H3. The summed E-state index contributed by atoms with van der Waals surface area (Å²) >= 11 is 1.53. The lowest BCUT2D eigenvalue weighted by Gasteiger charge is -2.29. The zero-order valence-corrected chi connectivity index (χ0v) is 22.2. The second kappa shape index (κ2) is 11.9. The Morgan fingerprint density at radius 2 is 1.67 bits per heavy atom. The second-order valence-corrected chi connectivity index (χ2v) is 9.08. The van der Waals surface area contributed by atoms with Gasteiger partial charge in [0.25, 0.3) is 11.3 Å². The lowest BCUT2D eigenvalue weighted by atomic mass is 10.0. The van der Waals surface area contributed by atoms with E-state index < -0.39 is 35.1 Å². The fourth-order valence-corrected chi connectivity index (χ4v) is 4.98. The Hall–Kier alpha value is -3.53. The van der Waals surface area contributed by atoms with Crippen LogP contribution in [0.1, 0.15) is 46.2 Å². The molecule has 1 fully saturated rings. The molecule has 1 unspecified atom stereocenters. The van der Waals surface area contributed by atoms with Gasteiger partial charge in [-0.2, -0.15) is 0 Å². The van der Waals surface area contributed by atoms with Crippen LogP contribution in [0.4, 0.5) is 0 Å². The van der Waals surface area contributed by atoms with Crippen molar-refractivity contribution in [3.8, 4) is 11.1 Å². The molecule has 0 saturated carbocycles. The van der Waals surface area contributed by atoms with Gasteiger partial charge in [-0.3, -0.25) is 9.36 Å². The van der Waals surface area contributed by atoms with Crippen molar-refractivity contribution < 1.29 is 33.7 Å². The number of nitrogens with zero attached hydrogens (tertiary/aromatic N) is 1. The molecular formula is C26H31NO8S. The van der Waals surface area contributed by atoms with Crippen molar-refractivity contribution in [3.05, 3.63) is 63.6 Å². The van der Waals surface area contributed by atoms with Gasteiger partial charge >= 0.3 is 17.9 Å². The molecule has 2 aromatic rings.